The number of nitrogens with zero attached hydrogens (tertiary/aromatic N) is 1. The minimum Gasteiger partial charge on any atom is -0.478 e. The number of pyridine rings is 1. The number of aromatic nitrogens is 1. The lowest BCUT2D eigenvalue weighted by Gasteiger charge is -2.10. The zero-order valence-electron chi connectivity index (χ0n) is 7.45. The molecule has 0 fully saturated rings. The fourth-order valence-electron chi connectivity index (χ4n) is 1.01. The fourth-order valence-corrected chi connectivity index (χ4v) is 1.01. The Kier molecular flexibility index (Phi) is 3.05. The van der Waals surface area contributed by atoms with Crippen LogP contribution in [0.1, 0.15) is 25.5 Å². The Morgan fingerprint density at radius 3 is 3.00 bits per heavy atom. The summed E-state index contributed by atoms with van der Waals surface area (Å²) in [6.07, 6.45) is 1.71. The Hall–Kier alpha value is -1.09. The lowest BCUT2D eigenvalue weighted by molar-refractivity contribution is 0.321. The highest BCUT2D eigenvalue weighted by molar-refractivity contribution is 5.27. The molecule has 3 nitrogen and oxygen atoms in total. The van der Waals surface area contributed by atoms with Crippen LogP contribution < -0.4 is 10.5 Å². The molecule has 0 aliphatic rings. The van der Waals surface area contributed by atoms with Crippen molar-refractivity contribution in [1.29, 1.82) is 0 Å². The van der Waals surface area contributed by atoms with Gasteiger partial charge in [0, 0.05) is 17.8 Å². The summed E-state index contributed by atoms with van der Waals surface area (Å²) >= 11 is 0. The predicted octanol–water partition coefficient (Wildman–Crippen LogP) is 1.50. The summed E-state index contributed by atoms with van der Waals surface area (Å²) in [7, 11) is 0. The Morgan fingerprint density at radius 1 is 1.67 bits per heavy atom. The number of rotatable bonds is 3. The van der Waals surface area contributed by atoms with Crippen LogP contribution in [-0.4, -0.2) is 11.6 Å². The average Bonchev–Trinajstić information content (AvgIpc) is 2.05. The van der Waals surface area contributed by atoms with Gasteiger partial charge in [-0.2, -0.15) is 0 Å². The molecule has 1 unspecified atom stereocenters. The maximum atomic E-state index is 5.72. The smallest absolute Gasteiger partial charge is 0.218 e. The van der Waals surface area contributed by atoms with Crippen LogP contribution in [0.3, 0.4) is 0 Å². The standard InChI is InChI=1S/C9H14N2O/c1-3-12-9-8(7(2)10)5-4-6-11-9/h4-7H,3,10H2,1-2H3. The molecule has 0 aliphatic heterocycles. The monoisotopic (exact) mass is 166 g/mol. The van der Waals surface area contributed by atoms with Crippen LogP contribution in [0.25, 0.3) is 0 Å². The summed E-state index contributed by atoms with van der Waals surface area (Å²) < 4.78 is 5.31. The topological polar surface area (TPSA) is 48.1 Å². The second-order valence-corrected chi connectivity index (χ2v) is 2.62. The van der Waals surface area contributed by atoms with Gasteiger partial charge < -0.3 is 10.5 Å². The van der Waals surface area contributed by atoms with E-state index in [9.17, 15) is 0 Å². The molecule has 0 aliphatic carbocycles. The first-order valence-electron chi connectivity index (χ1n) is 4.09. The highest BCUT2D eigenvalue weighted by Gasteiger charge is 2.06. The number of hydrogen-bond donors (Lipinski definition) is 1. The lowest BCUT2D eigenvalue weighted by atomic mass is 10.1. The molecular weight excluding hydrogens is 152 g/mol. The molecule has 0 bridgehead atoms. The van der Waals surface area contributed by atoms with Crippen LogP contribution in [0.15, 0.2) is 18.3 Å². The zero-order valence-corrected chi connectivity index (χ0v) is 7.45. The van der Waals surface area contributed by atoms with E-state index in [4.69, 9.17) is 10.5 Å². The van der Waals surface area contributed by atoms with Gasteiger partial charge in [-0.25, -0.2) is 4.98 Å². The van der Waals surface area contributed by atoms with Crippen molar-refractivity contribution in [3.63, 3.8) is 0 Å². The molecule has 1 atom stereocenters. The largest absolute Gasteiger partial charge is 0.478 e. The minimum absolute atomic E-state index is 0.0275. The van der Waals surface area contributed by atoms with Crippen molar-refractivity contribution in [1.82, 2.24) is 4.98 Å². The number of nitrogens with two attached hydrogens (primary N) is 1. The molecule has 3 heteroatoms. The third-order valence-corrected chi connectivity index (χ3v) is 1.57. The summed E-state index contributed by atoms with van der Waals surface area (Å²) in [5.74, 6) is 0.648. The van der Waals surface area contributed by atoms with Crippen LogP contribution in [0.2, 0.25) is 0 Å². The van der Waals surface area contributed by atoms with Crippen molar-refractivity contribution in [2.24, 2.45) is 5.73 Å². The van der Waals surface area contributed by atoms with Crippen LogP contribution in [0.5, 0.6) is 5.88 Å². The van der Waals surface area contributed by atoms with E-state index in [2.05, 4.69) is 4.98 Å². The van der Waals surface area contributed by atoms with Crippen LogP contribution in [0.4, 0.5) is 0 Å². The molecule has 0 saturated heterocycles. The maximum absolute atomic E-state index is 5.72. The SMILES string of the molecule is CCOc1ncccc1C(C)N. The van der Waals surface area contributed by atoms with Crippen molar-refractivity contribution >= 4 is 0 Å². The molecule has 1 aromatic heterocycles. The van der Waals surface area contributed by atoms with E-state index in [0.29, 0.717) is 12.5 Å². The second-order valence-electron chi connectivity index (χ2n) is 2.62. The van der Waals surface area contributed by atoms with Crippen LogP contribution in [-0.2, 0) is 0 Å². The first-order chi connectivity index (χ1) is 5.75. The van der Waals surface area contributed by atoms with E-state index in [1.54, 1.807) is 6.20 Å². The Balaban J connectivity index is 2.92. The Morgan fingerprint density at radius 2 is 2.42 bits per heavy atom. The molecular formula is C9H14N2O. The molecule has 66 valence electrons. The Labute approximate surface area is 72.6 Å². The third-order valence-electron chi connectivity index (χ3n) is 1.57. The van der Waals surface area contributed by atoms with E-state index < -0.39 is 0 Å². The first kappa shape index (κ1) is 9.00. The van der Waals surface area contributed by atoms with Gasteiger partial charge in [-0.15, -0.1) is 0 Å². The lowest BCUT2D eigenvalue weighted by Crippen LogP contribution is -2.08. The molecule has 1 heterocycles. The van der Waals surface area contributed by atoms with Crippen LogP contribution >= 0.6 is 0 Å². The van der Waals surface area contributed by atoms with E-state index >= 15 is 0 Å². The quantitative estimate of drug-likeness (QED) is 0.740. The Bertz CT molecular complexity index is 248. The van der Waals surface area contributed by atoms with Gasteiger partial charge in [0.2, 0.25) is 5.88 Å². The van der Waals surface area contributed by atoms with Gasteiger partial charge in [-0.1, -0.05) is 6.07 Å². The molecule has 2 N–H and O–H groups in total. The van der Waals surface area contributed by atoms with Gasteiger partial charge in [0.15, 0.2) is 0 Å². The second kappa shape index (κ2) is 4.07. The van der Waals surface area contributed by atoms with Crippen molar-refractivity contribution in [2.45, 2.75) is 19.9 Å². The first-order valence-corrected chi connectivity index (χ1v) is 4.09. The van der Waals surface area contributed by atoms with Crippen molar-refractivity contribution < 1.29 is 4.74 Å². The summed E-state index contributed by atoms with van der Waals surface area (Å²) in [6.45, 7) is 4.47. The molecule has 0 radical (unpaired) electrons. The molecule has 1 rings (SSSR count). The number of hydrogen-bond acceptors (Lipinski definition) is 3. The average molecular weight is 166 g/mol. The van der Waals surface area contributed by atoms with Gasteiger partial charge >= 0.3 is 0 Å². The fraction of sp³-hybridized carbons (Fsp3) is 0.444. The van der Waals surface area contributed by atoms with E-state index in [1.165, 1.54) is 0 Å². The third kappa shape index (κ3) is 1.95. The van der Waals surface area contributed by atoms with Gasteiger partial charge in [-0.3, -0.25) is 0 Å². The summed E-state index contributed by atoms with van der Waals surface area (Å²) in [6, 6.07) is 3.77. The molecule has 0 spiro atoms. The summed E-state index contributed by atoms with van der Waals surface area (Å²) in [5.41, 5.74) is 6.68. The van der Waals surface area contributed by atoms with E-state index in [0.717, 1.165) is 5.56 Å². The molecule has 0 saturated carbocycles. The minimum atomic E-state index is -0.0275. The van der Waals surface area contributed by atoms with Gasteiger partial charge in [0.05, 0.1) is 6.61 Å². The van der Waals surface area contributed by atoms with Gasteiger partial charge in [0.25, 0.3) is 0 Å². The molecule has 0 aromatic carbocycles. The predicted molar refractivity (Wildman–Crippen MR) is 48.0 cm³/mol. The van der Waals surface area contributed by atoms with E-state index in [1.807, 2.05) is 26.0 Å². The molecule has 0 amide bonds. The van der Waals surface area contributed by atoms with Gasteiger partial charge in [0.1, 0.15) is 0 Å². The summed E-state index contributed by atoms with van der Waals surface area (Å²) in [4.78, 5) is 4.09. The molecule has 12 heavy (non-hydrogen) atoms. The van der Waals surface area contributed by atoms with Crippen molar-refractivity contribution in [3.8, 4) is 5.88 Å². The molecule has 1 aromatic rings. The highest BCUT2D eigenvalue weighted by Crippen LogP contribution is 2.19. The maximum Gasteiger partial charge on any atom is 0.218 e. The van der Waals surface area contributed by atoms with Crippen molar-refractivity contribution in [2.75, 3.05) is 6.61 Å². The normalized spacial score (nSPS) is 12.6. The van der Waals surface area contributed by atoms with Gasteiger partial charge in [-0.05, 0) is 19.9 Å². The summed E-state index contributed by atoms with van der Waals surface area (Å²) in [5, 5.41) is 0. The number of ether oxygens (including phenoxy) is 1. The van der Waals surface area contributed by atoms with Crippen molar-refractivity contribution in [3.05, 3.63) is 23.9 Å². The zero-order chi connectivity index (χ0) is 8.97. The van der Waals surface area contributed by atoms with E-state index in [-0.39, 0.29) is 6.04 Å². The highest BCUT2D eigenvalue weighted by atomic mass is 16.5. The van der Waals surface area contributed by atoms with Crippen LogP contribution in [0, 0.1) is 0 Å².